The Morgan fingerprint density at radius 3 is 2.15 bits per heavy atom. The molecule has 2 fully saturated rings. The zero-order chi connectivity index (χ0) is 18.4. The Bertz CT molecular complexity index is 629. The maximum absolute atomic E-state index is 12.4. The lowest BCUT2D eigenvalue weighted by Gasteiger charge is -2.36. The Hall–Kier alpha value is -1.40. The second-order valence-electron chi connectivity index (χ2n) is 6.69. The number of nitrogens with zero attached hydrogens (tertiary/aromatic N) is 3. The van der Waals surface area contributed by atoms with E-state index >= 15 is 0 Å². The van der Waals surface area contributed by atoms with Crippen molar-refractivity contribution in [2.45, 2.75) is 19.3 Å². The van der Waals surface area contributed by atoms with Crippen molar-refractivity contribution in [3.8, 4) is 0 Å². The summed E-state index contributed by atoms with van der Waals surface area (Å²) in [5, 5.41) is 0.734. The molecule has 0 N–H and O–H groups in total. The smallest absolute Gasteiger partial charge is 0.222 e. The van der Waals surface area contributed by atoms with Crippen LogP contribution in [0, 0.1) is 0 Å². The average Bonchev–Trinajstić information content (AvgIpc) is 2.68. The Kier molecular flexibility index (Phi) is 7.08. The van der Waals surface area contributed by atoms with Gasteiger partial charge in [-0.2, -0.15) is 11.8 Å². The predicted molar refractivity (Wildman–Crippen MR) is 108 cm³/mol. The molecule has 2 aliphatic rings. The highest BCUT2D eigenvalue weighted by molar-refractivity contribution is 7.99. The fourth-order valence-corrected chi connectivity index (χ4v) is 4.49. The van der Waals surface area contributed by atoms with Gasteiger partial charge in [0.05, 0.1) is 0 Å². The first kappa shape index (κ1) is 19.4. The van der Waals surface area contributed by atoms with Crippen LogP contribution >= 0.6 is 23.4 Å². The fourth-order valence-electron chi connectivity index (χ4n) is 3.41. The van der Waals surface area contributed by atoms with Crippen molar-refractivity contribution in [3.05, 3.63) is 29.3 Å². The third-order valence-electron chi connectivity index (χ3n) is 4.95. The Balaban J connectivity index is 1.37. The minimum absolute atomic E-state index is 0.165. The highest BCUT2D eigenvalue weighted by Crippen LogP contribution is 2.21. The van der Waals surface area contributed by atoms with Gasteiger partial charge in [0.1, 0.15) is 0 Å². The van der Waals surface area contributed by atoms with Crippen molar-refractivity contribution in [3.63, 3.8) is 0 Å². The topological polar surface area (TPSA) is 43.9 Å². The van der Waals surface area contributed by atoms with Crippen LogP contribution in [-0.2, 0) is 9.59 Å². The van der Waals surface area contributed by atoms with E-state index in [-0.39, 0.29) is 11.8 Å². The SMILES string of the molecule is O=C(CCCC(=O)N1CCN(c2cccc(Cl)c2)CC1)N1CCSCC1. The minimum Gasteiger partial charge on any atom is -0.368 e. The monoisotopic (exact) mass is 395 g/mol. The average molecular weight is 396 g/mol. The highest BCUT2D eigenvalue weighted by atomic mass is 35.5. The standard InChI is InChI=1S/C19H26ClN3O2S/c20-16-3-1-4-17(15-16)21-7-9-22(10-8-21)18(24)5-2-6-19(25)23-11-13-26-14-12-23/h1,3-4,15H,2,5-14H2. The van der Waals surface area contributed by atoms with Crippen molar-refractivity contribution in [1.29, 1.82) is 0 Å². The molecule has 2 aliphatic heterocycles. The van der Waals surface area contributed by atoms with Gasteiger partial charge < -0.3 is 14.7 Å². The molecule has 3 rings (SSSR count). The van der Waals surface area contributed by atoms with Crippen LogP contribution in [0.3, 0.4) is 0 Å². The van der Waals surface area contributed by atoms with Gasteiger partial charge in [-0.05, 0) is 24.6 Å². The number of anilines is 1. The number of benzene rings is 1. The Morgan fingerprint density at radius 1 is 0.923 bits per heavy atom. The van der Waals surface area contributed by atoms with Crippen LogP contribution in [0.2, 0.25) is 5.02 Å². The summed E-state index contributed by atoms with van der Waals surface area (Å²) in [6.45, 7) is 4.78. The molecule has 1 aromatic carbocycles. The van der Waals surface area contributed by atoms with Gasteiger partial charge in [-0.25, -0.2) is 0 Å². The lowest BCUT2D eigenvalue weighted by atomic mass is 10.2. The number of hydrogen-bond acceptors (Lipinski definition) is 4. The molecule has 2 amide bonds. The largest absolute Gasteiger partial charge is 0.368 e. The van der Waals surface area contributed by atoms with Crippen LogP contribution in [0.1, 0.15) is 19.3 Å². The molecule has 0 atom stereocenters. The molecule has 0 bridgehead atoms. The molecule has 2 saturated heterocycles. The first-order valence-electron chi connectivity index (χ1n) is 9.27. The van der Waals surface area contributed by atoms with Crippen LogP contribution in [-0.4, -0.2) is 72.4 Å². The second-order valence-corrected chi connectivity index (χ2v) is 8.36. The number of thioether (sulfide) groups is 1. The zero-order valence-corrected chi connectivity index (χ0v) is 16.6. The number of halogens is 1. The number of amides is 2. The quantitative estimate of drug-likeness (QED) is 0.768. The van der Waals surface area contributed by atoms with Gasteiger partial charge in [-0.3, -0.25) is 9.59 Å². The van der Waals surface area contributed by atoms with Gasteiger partial charge in [0, 0.05) is 74.3 Å². The van der Waals surface area contributed by atoms with Gasteiger partial charge >= 0.3 is 0 Å². The van der Waals surface area contributed by atoms with Crippen molar-refractivity contribution < 1.29 is 9.59 Å². The number of carbonyl (C=O) groups is 2. The van der Waals surface area contributed by atoms with Crippen LogP contribution in [0.4, 0.5) is 5.69 Å². The molecular weight excluding hydrogens is 370 g/mol. The first-order chi connectivity index (χ1) is 12.6. The van der Waals surface area contributed by atoms with Crippen LogP contribution in [0.5, 0.6) is 0 Å². The molecular formula is C19H26ClN3O2S. The summed E-state index contributed by atoms with van der Waals surface area (Å²) >= 11 is 7.96. The number of carbonyl (C=O) groups excluding carboxylic acids is 2. The summed E-state index contributed by atoms with van der Waals surface area (Å²) in [5.74, 6) is 2.42. The van der Waals surface area contributed by atoms with Crippen LogP contribution in [0.25, 0.3) is 0 Å². The van der Waals surface area contributed by atoms with Gasteiger partial charge in [-0.15, -0.1) is 0 Å². The summed E-state index contributed by atoms with van der Waals surface area (Å²) in [6.07, 6.45) is 1.60. The number of hydrogen-bond donors (Lipinski definition) is 0. The van der Waals surface area contributed by atoms with Crippen molar-refractivity contribution in [2.24, 2.45) is 0 Å². The van der Waals surface area contributed by atoms with Gasteiger partial charge in [0.15, 0.2) is 0 Å². The van der Waals surface area contributed by atoms with E-state index in [1.54, 1.807) is 0 Å². The normalized spacial score (nSPS) is 18.1. The van der Waals surface area contributed by atoms with E-state index in [0.717, 1.165) is 61.5 Å². The van der Waals surface area contributed by atoms with E-state index in [4.69, 9.17) is 11.6 Å². The summed E-state index contributed by atoms with van der Waals surface area (Å²) in [6, 6.07) is 7.83. The molecule has 142 valence electrons. The van der Waals surface area contributed by atoms with Gasteiger partial charge in [-0.1, -0.05) is 17.7 Å². The van der Waals surface area contributed by atoms with Crippen molar-refractivity contribution in [1.82, 2.24) is 9.80 Å². The van der Waals surface area contributed by atoms with Crippen LogP contribution < -0.4 is 4.90 Å². The van der Waals surface area contributed by atoms with Crippen molar-refractivity contribution >= 4 is 40.9 Å². The third kappa shape index (κ3) is 5.30. The molecule has 26 heavy (non-hydrogen) atoms. The van der Waals surface area contributed by atoms with E-state index in [0.29, 0.717) is 19.3 Å². The van der Waals surface area contributed by atoms with E-state index in [2.05, 4.69) is 4.90 Å². The van der Waals surface area contributed by atoms with E-state index in [1.165, 1.54) is 0 Å². The number of piperazine rings is 1. The lowest BCUT2D eigenvalue weighted by Crippen LogP contribution is -2.48. The molecule has 7 heteroatoms. The molecule has 0 saturated carbocycles. The summed E-state index contributed by atoms with van der Waals surface area (Å²) < 4.78 is 0. The van der Waals surface area contributed by atoms with Gasteiger partial charge in [0.2, 0.25) is 11.8 Å². The second kappa shape index (κ2) is 9.51. The van der Waals surface area contributed by atoms with E-state index in [9.17, 15) is 9.59 Å². The minimum atomic E-state index is 0.165. The highest BCUT2D eigenvalue weighted by Gasteiger charge is 2.22. The first-order valence-corrected chi connectivity index (χ1v) is 10.8. The summed E-state index contributed by atoms with van der Waals surface area (Å²) in [7, 11) is 0. The summed E-state index contributed by atoms with van der Waals surface area (Å²) in [5.41, 5.74) is 1.11. The molecule has 0 aliphatic carbocycles. The molecule has 2 heterocycles. The number of rotatable bonds is 5. The van der Waals surface area contributed by atoms with Crippen molar-refractivity contribution in [2.75, 3.05) is 55.7 Å². The summed E-state index contributed by atoms with van der Waals surface area (Å²) in [4.78, 5) is 30.7. The Morgan fingerprint density at radius 2 is 1.54 bits per heavy atom. The third-order valence-corrected chi connectivity index (χ3v) is 6.13. The van der Waals surface area contributed by atoms with Crippen LogP contribution in [0.15, 0.2) is 24.3 Å². The lowest BCUT2D eigenvalue weighted by molar-refractivity contribution is -0.132. The van der Waals surface area contributed by atoms with Gasteiger partial charge in [0.25, 0.3) is 0 Å². The Labute approximate surface area is 164 Å². The molecule has 0 aromatic heterocycles. The molecule has 0 spiro atoms. The zero-order valence-electron chi connectivity index (χ0n) is 15.0. The maximum Gasteiger partial charge on any atom is 0.222 e. The molecule has 0 radical (unpaired) electrons. The fraction of sp³-hybridized carbons (Fsp3) is 0.579. The predicted octanol–water partition coefficient (Wildman–Crippen LogP) is 2.73. The molecule has 0 unspecified atom stereocenters. The molecule has 1 aromatic rings. The van der Waals surface area contributed by atoms with E-state index < -0.39 is 0 Å². The molecule has 5 nitrogen and oxygen atoms in total. The maximum atomic E-state index is 12.4. The van der Waals surface area contributed by atoms with E-state index in [1.807, 2.05) is 45.8 Å².